The van der Waals surface area contributed by atoms with Gasteiger partial charge in [0.15, 0.2) is 17.2 Å². The van der Waals surface area contributed by atoms with E-state index in [0.29, 0.717) is 49.0 Å². The molecule has 1 aliphatic rings. The molecule has 3 rings (SSSR count). The van der Waals surface area contributed by atoms with E-state index in [1.807, 2.05) is 37.3 Å². The summed E-state index contributed by atoms with van der Waals surface area (Å²) >= 11 is 0. The van der Waals surface area contributed by atoms with Crippen molar-refractivity contribution >= 4 is 17.6 Å². The Morgan fingerprint density at radius 1 is 1.07 bits per heavy atom. The van der Waals surface area contributed by atoms with E-state index >= 15 is 0 Å². The van der Waals surface area contributed by atoms with Crippen LogP contribution in [-0.2, 0) is 4.79 Å². The van der Waals surface area contributed by atoms with Gasteiger partial charge in [-0.15, -0.1) is 0 Å². The van der Waals surface area contributed by atoms with Crippen molar-refractivity contribution in [3.05, 3.63) is 48.5 Å². The van der Waals surface area contributed by atoms with Gasteiger partial charge >= 0.3 is 6.03 Å². The van der Waals surface area contributed by atoms with Gasteiger partial charge in [0.1, 0.15) is 0 Å². The highest BCUT2D eigenvalue weighted by atomic mass is 16.5. The van der Waals surface area contributed by atoms with Gasteiger partial charge in [0.2, 0.25) is 5.91 Å². The summed E-state index contributed by atoms with van der Waals surface area (Å²) in [5.74, 6) is 1.51. The van der Waals surface area contributed by atoms with E-state index < -0.39 is 0 Å². The lowest BCUT2D eigenvalue weighted by molar-refractivity contribution is -0.124. The fourth-order valence-corrected chi connectivity index (χ4v) is 3.15. The van der Waals surface area contributed by atoms with Crippen LogP contribution in [0.15, 0.2) is 48.5 Å². The lowest BCUT2D eigenvalue weighted by atomic mass is 10.1. The number of hydrogen-bond donors (Lipinski definition) is 2. The topological polar surface area (TPSA) is 79.9 Å². The first-order valence-corrected chi connectivity index (χ1v) is 9.36. The number of para-hydroxylation sites is 4. The van der Waals surface area contributed by atoms with Crippen LogP contribution < -0.4 is 20.1 Å². The molecule has 1 heterocycles. The molecule has 1 unspecified atom stereocenters. The number of hydrogen-bond acceptors (Lipinski definition) is 4. The normalized spacial score (nSPS) is 15.8. The van der Waals surface area contributed by atoms with E-state index in [0.717, 1.165) is 0 Å². The Morgan fingerprint density at radius 2 is 1.75 bits per heavy atom. The number of carbonyl (C=O) groups excluding carboxylic acids is 2. The molecule has 2 aromatic rings. The summed E-state index contributed by atoms with van der Waals surface area (Å²) in [4.78, 5) is 26.3. The summed E-state index contributed by atoms with van der Waals surface area (Å²) in [5.41, 5.74) is 0.555. The number of methoxy groups -OCH3 is 1. The zero-order valence-corrected chi connectivity index (χ0v) is 16.1. The van der Waals surface area contributed by atoms with Crippen LogP contribution in [-0.4, -0.2) is 43.6 Å². The molecule has 0 aromatic heterocycles. The lowest BCUT2D eigenvalue weighted by Gasteiger charge is -2.19. The molecule has 7 nitrogen and oxygen atoms in total. The Kier molecular flexibility index (Phi) is 6.37. The Hall–Kier alpha value is -3.22. The minimum atomic E-state index is -0.247. The van der Waals surface area contributed by atoms with Crippen molar-refractivity contribution in [2.45, 2.75) is 13.3 Å². The third kappa shape index (κ3) is 4.54. The molecule has 1 saturated heterocycles. The summed E-state index contributed by atoms with van der Waals surface area (Å²) in [6.07, 6.45) is 0.665. The van der Waals surface area contributed by atoms with Gasteiger partial charge in [-0.3, -0.25) is 4.79 Å². The Bertz CT molecular complexity index is 840. The number of urea groups is 1. The largest absolute Gasteiger partial charge is 0.493 e. The Morgan fingerprint density at radius 3 is 2.46 bits per heavy atom. The predicted octanol–water partition coefficient (Wildman–Crippen LogP) is 3.48. The number of carbonyl (C=O) groups is 2. The van der Waals surface area contributed by atoms with Crippen LogP contribution in [0.25, 0.3) is 0 Å². The van der Waals surface area contributed by atoms with Gasteiger partial charge in [-0.2, -0.15) is 0 Å². The molecule has 0 bridgehead atoms. The van der Waals surface area contributed by atoms with Crippen molar-refractivity contribution in [1.82, 2.24) is 10.2 Å². The maximum absolute atomic E-state index is 12.7. The van der Waals surface area contributed by atoms with E-state index in [2.05, 4.69) is 10.6 Å². The summed E-state index contributed by atoms with van der Waals surface area (Å²) in [6.45, 7) is 3.43. The van der Waals surface area contributed by atoms with Gasteiger partial charge in [0, 0.05) is 19.6 Å². The van der Waals surface area contributed by atoms with Crippen LogP contribution in [0.5, 0.6) is 17.2 Å². The fourth-order valence-electron chi connectivity index (χ4n) is 3.15. The highest BCUT2D eigenvalue weighted by Crippen LogP contribution is 2.35. The molecular formula is C21H25N3O4. The van der Waals surface area contributed by atoms with Crippen molar-refractivity contribution in [3.63, 3.8) is 0 Å². The number of likely N-dealkylation sites (tertiary alicyclic amines) is 1. The van der Waals surface area contributed by atoms with Crippen LogP contribution in [0.4, 0.5) is 10.5 Å². The van der Waals surface area contributed by atoms with E-state index in [1.165, 1.54) is 0 Å². The monoisotopic (exact) mass is 383 g/mol. The van der Waals surface area contributed by atoms with Gasteiger partial charge in [0.05, 0.1) is 18.7 Å². The molecule has 2 N–H and O–H groups in total. The fraction of sp³-hybridized carbons (Fsp3) is 0.333. The average molecular weight is 383 g/mol. The molecule has 3 amide bonds. The number of nitrogens with zero attached hydrogens (tertiary/aromatic N) is 1. The van der Waals surface area contributed by atoms with Gasteiger partial charge in [-0.05, 0) is 37.6 Å². The number of ether oxygens (including phenoxy) is 2. The third-order valence-corrected chi connectivity index (χ3v) is 4.61. The summed E-state index contributed by atoms with van der Waals surface area (Å²) in [5, 5.41) is 5.71. The molecule has 28 heavy (non-hydrogen) atoms. The Labute approximate surface area is 164 Å². The highest BCUT2D eigenvalue weighted by molar-refractivity contribution is 5.92. The van der Waals surface area contributed by atoms with Crippen molar-refractivity contribution in [2.75, 3.05) is 32.1 Å². The maximum atomic E-state index is 12.7. The van der Waals surface area contributed by atoms with E-state index in [-0.39, 0.29) is 17.9 Å². The zero-order valence-electron chi connectivity index (χ0n) is 16.1. The smallest absolute Gasteiger partial charge is 0.321 e. The molecule has 1 atom stereocenters. The summed E-state index contributed by atoms with van der Waals surface area (Å²) < 4.78 is 11.3. The van der Waals surface area contributed by atoms with E-state index in [9.17, 15) is 9.59 Å². The molecule has 0 spiro atoms. The molecule has 7 heteroatoms. The predicted molar refractivity (Wildman–Crippen MR) is 107 cm³/mol. The molecule has 0 aliphatic carbocycles. The van der Waals surface area contributed by atoms with Crippen LogP contribution >= 0.6 is 0 Å². The lowest BCUT2D eigenvalue weighted by Crippen LogP contribution is -2.36. The molecule has 148 valence electrons. The Balaban J connectivity index is 1.68. The number of anilines is 1. The number of benzene rings is 2. The van der Waals surface area contributed by atoms with Crippen molar-refractivity contribution < 1.29 is 19.1 Å². The van der Waals surface area contributed by atoms with Gasteiger partial charge in [-0.1, -0.05) is 24.3 Å². The standard InChI is InChI=1S/C21H25N3O4/c1-3-22-20(25)15-12-13-24(14-15)21(26)23-16-8-4-5-9-17(16)28-19-11-7-6-10-18(19)27-2/h4-11,15H,3,12-14H2,1-2H3,(H,22,25)(H,23,26). The molecule has 0 radical (unpaired) electrons. The third-order valence-electron chi connectivity index (χ3n) is 4.61. The zero-order chi connectivity index (χ0) is 19.9. The van der Waals surface area contributed by atoms with Gasteiger partial charge in [-0.25, -0.2) is 4.79 Å². The molecule has 2 aromatic carbocycles. The highest BCUT2D eigenvalue weighted by Gasteiger charge is 2.31. The number of rotatable bonds is 6. The second-order valence-electron chi connectivity index (χ2n) is 6.51. The van der Waals surface area contributed by atoms with Gasteiger partial charge in [0.25, 0.3) is 0 Å². The van der Waals surface area contributed by atoms with Crippen molar-refractivity contribution in [1.29, 1.82) is 0 Å². The molecule has 0 saturated carbocycles. The van der Waals surface area contributed by atoms with E-state index in [1.54, 1.807) is 30.2 Å². The molecule has 1 aliphatic heterocycles. The minimum Gasteiger partial charge on any atom is -0.493 e. The van der Waals surface area contributed by atoms with Crippen molar-refractivity contribution in [2.24, 2.45) is 5.92 Å². The first-order valence-electron chi connectivity index (χ1n) is 9.36. The average Bonchev–Trinajstić information content (AvgIpc) is 3.21. The summed E-state index contributed by atoms with van der Waals surface area (Å²) in [7, 11) is 1.58. The first-order chi connectivity index (χ1) is 13.6. The summed E-state index contributed by atoms with van der Waals surface area (Å²) in [6, 6.07) is 14.3. The SMILES string of the molecule is CCNC(=O)C1CCN(C(=O)Nc2ccccc2Oc2ccccc2OC)C1. The quantitative estimate of drug-likeness (QED) is 0.800. The van der Waals surface area contributed by atoms with Crippen molar-refractivity contribution in [3.8, 4) is 17.2 Å². The number of nitrogens with one attached hydrogen (secondary N) is 2. The van der Waals surface area contributed by atoms with Gasteiger partial charge < -0.3 is 25.0 Å². The first kappa shape index (κ1) is 19.5. The van der Waals surface area contributed by atoms with Crippen LogP contribution in [0, 0.1) is 5.92 Å². The second kappa shape index (κ2) is 9.12. The molecular weight excluding hydrogens is 358 g/mol. The second-order valence-corrected chi connectivity index (χ2v) is 6.51. The maximum Gasteiger partial charge on any atom is 0.321 e. The van der Waals surface area contributed by atoms with Crippen LogP contribution in [0.2, 0.25) is 0 Å². The molecule has 1 fully saturated rings. The van der Waals surface area contributed by atoms with E-state index in [4.69, 9.17) is 9.47 Å². The van der Waals surface area contributed by atoms with Crippen LogP contribution in [0.3, 0.4) is 0 Å². The van der Waals surface area contributed by atoms with Crippen LogP contribution in [0.1, 0.15) is 13.3 Å². The minimum absolute atomic E-state index is 0.00212. The number of amides is 3.